The molecule has 1 aromatic rings. The van der Waals surface area contributed by atoms with Gasteiger partial charge < -0.3 is 9.84 Å². The summed E-state index contributed by atoms with van der Waals surface area (Å²) in [5.74, 6) is -0.867. The van der Waals surface area contributed by atoms with Crippen molar-refractivity contribution in [1.82, 2.24) is 0 Å². The minimum absolute atomic E-state index is 0.129. The SMILES string of the molecule is CC(C)=CC[C@H]1C[C@@]2(C(=O)c3ccccc3)C(=O)[C@](CC=C(C)C)(C(=O)C3=C2O[C@H](C(C)(C)O)C3)C1(C)C. The van der Waals surface area contributed by atoms with Crippen molar-refractivity contribution >= 4 is 17.3 Å². The Hall–Kier alpha value is -2.79. The maximum atomic E-state index is 15.0. The zero-order chi connectivity index (χ0) is 28.3. The van der Waals surface area contributed by atoms with Gasteiger partial charge in [-0.05, 0) is 72.1 Å². The molecule has 5 nitrogen and oxygen atoms in total. The van der Waals surface area contributed by atoms with E-state index in [4.69, 9.17) is 4.74 Å². The number of hydrogen-bond donors (Lipinski definition) is 1. The number of carbonyl (C=O) groups is 3. The molecular weight excluding hydrogens is 476 g/mol. The Morgan fingerprint density at radius 3 is 2.21 bits per heavy atom. The molecule has 204 valence electrons. The van der Waals surface area contributed by atoms with Crippen molar-refractivity contribution in [3.8, 4) is 0 Å². The lowest BCUT2D eigenvalue weighted by atomic mass is 9.39. The van der Waals surface area contributed by atoms with Crippen LogP contribution in [0, 0.1) is 22.2 Å². The molecule has 1 aromatic carbocycles. The van der Waals surface area contributed by atoms with Crippen molar-refractivity contribution in [2.24, 2.45) is 22.2 Å². The van der Waals surface area contributed by atoms with Gasteiger partial charge in [-0.1, -0.05) is 67.5 Å². The molecule has 1 N–H and O–H groups in total. The number of aliphatic hydroxyl groups is 1. The fourth-order valence-corrected chi connectivity index (χ4v) is 6.75. The number of Topliss-reactive ketones (excluding diaryl/α,β-unsaturated/α-hetero) is 3. The maximum absolute atomic E-state index is 15.0. The van der Waals surface area contributed by atoms with E-state index in [-0.39, 0.29) is 48.3 Å². The molecule has 38 heavy (non-hydrogen) atoms. The first kappa shape index (κ1) is 28.2. The molecule has 1 aliphatic heterocycles. The van der Waals surface area contributed by atoms with Crippen LogP contribution in [0.25, 0.3) is 0 Å². The van der Waals surface area contributed by atoms with E-state index in [2.05, 4.69) is 6.08 Å². The minimum Gasteiger partial charge on any atom is -0.489 e. The Bertz CT molecular complexity index is 1250. The molecule has 4 rings (SSSR count). The molecule has 0 spiro atoms. The molecule has 0 saturated heterocycles. The van der Waals surface area contributed by atoms with E-state index < -0.39 is 27.9 Å². The fraction of sp³-hybridized carbons (Fsp3) is 0.545. The smallest absolute Gasteiger partial charge is 0.184 e. The van der Waals surface area contributed by atoms with Crippen LogP contribution >= 0.6 is 0 Å². The molecule has 5 heteroatoms. The first-order chi connectivity index (χ1) is 17.6. The third kappa shape index (κ3) is 4.05. The largest absolute Gasteiger partial charge is 0.489 e. The van der Waals surface area contributed by atoms with Crippen molar-refractivity contribution in [1.29, 1.82) is 0 Å². The van der Waals surface area contributed by atoms with Crippen LogP contribution in [-0.4, -0.2) is 34.2 Å². The lowest BCUT2D eigenvalue weighted by molar-refractivity contribution is -0.168. The first-order valence-electron chi connectivity index (χ1n) is 13.7. The molecule has 1 saturated carbocycles. The van der Waals surface area contributed by atoms with E-state index in [1.807, 2.05) is 53.7 Å². The van der Waals surface area contributed by atoms with Crippen molar-refractivity contribution < 1.29 is 24.2 Å². The average Bonchev–Trinajstić information content (AvgIpc) is 3.30. The molecule has 1 heterocycles. The number of ether oxygens (including phenoxy) is 1. The Balaban J connectivity index is 2.06. The second kappa shape index (κ2) is 9.44. The standard InChI is InChI=1S/C33H42O5/c1-20(2)14-15-23-19-32(26(34)22-12-10-9-11-13-22)28-24(18-25(38-28)31(7,8)37)27(35)33(29(32)36,30(23,5)6)17-16-21(3)4/h9-14,16,23,25,37H,15,17-19H2,1-8H3/t23-,25-,32-,33-/m0/s1. The quantitative estimate of drug-likeness (QED) is 0.251. The predicted octanol–water partition coefficient (Wildman–Crippen LogP) is 6.57. The number of fused-ring (bicyclic) bond motifs is 3. The highest BCUT2D eigenvalue weighted by atomic mass is 16.5. The van der Waals surface area contributed by atoms with Gasteiger partial charge in [0.15, 0.2) is 22.8 Å². The molecule has 0 unspecified atom stereocenters. The van der Waals surface area contributed by atoms with Gasteiger partial charge in [-0.2, -0.15) is 0 Å². The van der Waals surface area contributed by atoms with Crippen LogP contribution in [0.1, 0.15) is 91.4 Å². The van der Waals surface area contributed by atoms with E-state index in [1.165, 1.54) is 0 Å². The lowest BCUT2D eigenvalue weighted by Gasteiger charge is -2.59. The van der Waals surface area contributed by atoms with Crippen molar-refractivity contribution in [2.45, 2.75) is 92.8 Å². The Morgan fingerprint density at radius 1 is 1.05 bits per heavy atom. The van der Waals surface area contributed by atoms with E-state index in [0.29, 0.717) is 17.6 Å². The van der Waals surface area contributed by atoms with Crippen molar-refractivity contribution in [3.63, 3.8) is 0 Å². The Kier molecular flexibility index (Phi) is 7.01. The summed E-state index contributed by atoms with van der Waals surface area (Å²) in [7, 11) is 0. The maximum Gasteiger partial charge on any atom is 0.184 e. The molecule has 0 aromatic heterocycles. The molecule has 0 amide bonds. The van der Waals surface area contributed by atoms with Gasteiger partial charge in [0, 0.05) is 17.6 Å². The summed E-state index contributed by atoms with van der Waals surface area (Å²) >= 11 is 0. The summed E-state index contributed by atoms with van der Waals surface area (Å²) in [6, 6.07) is 8.87. The van der Waals surface area contributed by atoms with Crippen LogP contribution in [-0.2, 0) is 14.3 Å². The van der Waals surface area contributed by atoms with Crippen LogP contribution in [0.2, 0.25) is 0 Å². The van der Waals surface area contributed by atoms with Gasteiger partial charge in [0.1, 0.15) is 17.3 Å². The van der Waals surface area contributed by atoms with Gasteiger partial charge in [0.25, 0.3) is 0 Å². The lowest BCUT2D eigenvalue weighted by Crippen LogP contribution is -2.68. The zero-order valence-electron chi connectivity index (χ0n) is 24.1. The summed E-state index contributed by atoms with van der Waals surface area (Å²) < 4.78 is 6.35. The number of hydrogen-bond acceptors (Lipinski definition) is 5. The summed E-state index contributed by atoms with van der Waals surface area (Å²) in [6.07, 6.45) is 4.71. The molecular formula is C33H42O5. The monoisotopic (exact) mass is 518 g/mol. The summed E-state index contributed by atoms with van der Waals surface area (Å²) in [6.45, 7) is 15.3. The van der Waals surface area contributed by atoms with E-state index in [1.54, 1.807) is 38.1 Å². The third-order valence-electron chi connectivity index (χ3n) is 9.26. The third-order valence-corrected chi connectivity index (χ3v) is 9.26. The highest BCUT2D eigenvalue weighted by molar-refractivity contribution is 6.30. The Labute approximate surface area is 227 Å². The molecule has 2 bridgehead atoms. The number of carbonyl (C=O) groups excluding carboxylic acids is 3. The average molecular weight is 519 g/mol. The van der Waals surface area contributed by atoms with E-state index in [0.717, 1.165) is 11.1 Å². The number of rotatable bonds is 7. The van der Waals surface area contributed by atoms with Gasteiger partial charge in [-0.25, -0.2) is 0 Å². The summed E-state index contributed by atoms with van der Waals surface area (Å²) in [5.41, 5.74) is -2.01. The number of benzene rings is 1. The second-order valence-corrected chi connectivity index (χ2v) is 13.1. The minimum atomic E-state index is -1.62. The molecule has 3 aliphatic rings. The van der Waals surface area contributed by atoms with E-state index in [9.17, 15) is 14.7 Å². The van der Waals surface area contributed by atoms with Crippen LogP contribution in [0.4, 0.5) is 0 Å². The van der Waals surface area contributed by atoms with Gasteiger partial charge in [-0.15, -0.1) is 0 Å². The molecule has 1 fully saturated rings. The summed E-state index contributed by atoms with van der Waals surface area (Å²) in [4.78, 5) is 44.2. The normalized spacial score (nSPS) is 29.9. The molecule has 4 atom stereocenters. The highest BCUT2D eigenvalue weighted by Crippen LogP contribution is 2.68. The van der Waals surface area contributed by atoms with Crippen LogP contribution in [0.15, 0.2) is 65.0 Å². The predicted molar refractivity (Wildman–Crippen MR) is 148 cm³/mol. The Morgan fingerprint density at radius 2 is 1.66 bits per heavy atom. The van der Waals surface area contributed by atoms with Gasteiger partial charge in [0.2, 0.25) is 0 Å². The van der Waals surface area contributed by atoms with Gasteiger partial charge in [-0.3, -0.25) is 14.4 Å². The molecule has 2 aliphatic carbocycles. The zero-order valence-corrected chi connectivity index (χ0v) is 24.1. The topological polar surface area (TPSA) is 80.7 Å². The first-order valence-corrected chi connectivity index (χ1v) is 13.7. The van der Waals surface area contributed by atoms with Gasteiger partial charge >= 0.3 is 0 Å². The van der Waals surface area contributed by atoms with Crippen LogP contribution in [0.5, 0.6) is 0 Å². The van der Waals surface area contributed by atoms with Crippen LogP contribution < -0.4 is 0 Å². The van der Waals surface area contributed by atoms with Crippen molar-refractivity contribution in [2.75, 3.05) is 0 Å². The summed E-state index contributed by atoms with van der Waals surface area (Å²) in [5, 5.41) is 10.9. The number of ketones is 3. The molecule has 0 radical (unpaired) electrons. The second-order valence-electron chi connectivity index (χ2n) is 13.1. The van der Waals surface area contributed by atoms with E-state index >= 15 is 4.79 Å². The van der Waals surface area contributed by atoms with Gasteiger partial charge in [0.05, 0.1) is 5.60 Å². The van der Waals surface area contributed by atoms with Crippen molar-refractivity contribution in [3.05, 3.63) is 70.5 Å². The van der Waals surface area contributed by atoms with Crippen LogP contribution in [0.3, 0.4) is 0 Å². The number of allylic oxidation sites excluding steroid dienone is 5. The highest BCUT2D eigenvalue weighted by Gasteiger charge is 2.75. The fourth-order valence-electron chi connectivity index (χ4n) is 6.75.